The molecule has 1 unspecified atom stereocenters. The number of piperazine rings is 1. The molecule has 1 N–H and O–H groups in total. The van der Waals surface area contributed by atoms with E-state index in [4.69, 9.17) is 4.74 Å². The topological polar surface area (TPSA) is 44.8 Å². The highest BCUT2D eigenvalue weighted by molar-refractivity contribution is 5.78. The summed E-state index contributed by atoms with van der Waals surface area (Å²) >= 11 is 0. The van der Waals surface area contributed by atoms with Crippen LogP contribution in [0.4, 0.5) is 5.69 Å². The van der Waals surface area contributed by atoms with E-state index < -0.39 is 0 Å². The summed E-state index contributed by atoms with van der Waals surface area (Å²) in [5, 5.41) is 3.13. The number of unbranched alkanes of at least 4 members (excludes halogenated alkanes) is 2. The molecular formula is C20H33N3O2. The molecule has 1 aliphatic rings. The van der Waals surface area contributed by atoms with E-state index in [1.165, 1.54) is 24.9 Å². The fourth-order valence-corrected chi connectivity index (χ4v) is 3.27. The summed E-state index contributed by atoms with van der Waals surface area (Å²) < 4.78 is 5.30. The molecule has 0 spiro atoms. The molecule has 1 aromatic carbocycles. The molecule has 5 nitrogen and oxygen atoms in total. The quantitative estimate of drug-likeness (QED) is 0.698. The molecule has 1 aliphatic heterocycles. The van der Waals surface area contributed by atoms with Crippen molar-refractivity contribution in [2.45, 2.75) is 45.6 Å². The third-order valence-corrected chi connectivity index (χ3v) is 4.81. The van der Waals surface area contributed by atoms with Crippen LogP contribution in [0.5, 0.6) is 5.75 Å². The van der Waals surface area contributed by atoms with E-state index in [1.807, 2.05) is 12.1 Å². The predicted octanol–water partition coefficient (Wildman–Crippen LogP) is 2.90. The predicted molar refractivity (Wildman–Crippen MR) is 103 cm³/mol. The van der Waals surface area contributed by atoms with E-state index in [9.17, 15) is 4.79 Å². The van der Waals surface area contributed by atoms with Gasteiger partial charge in [-0.25, -0.2) is 0 Å². The van der Waals surface area contributed by atoms with Gasteiger partial charge in [-0.3, -0.25) is 9.69 Å². The van der Waals surface area contributed by atoms with Crippen LogP contribution in [-0.4, -0.2) is 56.7 Å². The molecule has 140 valence electrons. The standard InChI is InChI=1S/C20H33N3O2/c1-4-5-6-8-17(2)21-20(24)16-22-11-13-23(14-12-22)18-9-7-10-19(15-18)25-3/h7,9-10,15,17H,4-6,8,11-14,16H2,1-3H3,(H,21,24). The van der Waals surface area contributed by atoms with Gasteiger partial charge in [0.15, 0.2) is 0 Å². The maximum Gasteiger partial charge on any atom is 0.234 e. The zero-order valence-corrected chi connectivity index (χ0v) is 16.0. The second-order valence-electron chi connectivity index (χ2n) is 6.93. The first-order chi connectivity index (χ1) is 12.1. The lowest BCUT2D eigenvalue weighted by atomic mass is 10.1. The Morgan fingerprint density at radius 3 is 2.68 bits per heavy atom. The number of hydrogen-bond donors (Lipinski definition) is 1. The summed E-state index contributed by atoms with van der Waals surface area (Å²) in [6.45, 7) is 8.51. The number of rotatable bonds is 9. The Morgan fingerprint density at radius 1 is 1.24 bits per heavy atom. The maximum absolute atomic E-state index is 12.2. The summed E-state index contributed by atoms with van der Waals surface area (Å²) in [4.78, 5) is 16.8. The fraction of sp³-hybridized carbons (Fsp3) is 0.650. The minimum atomic E-state index is 0.152. The fourth-order valence-electron chi connectivity index (χ4n) is 3.27. The van der Waals surface area contributed by atoms with Gasteiger partial charge >= 0.3 is 0 Å². The number of ether oxygens (including phenoxy) is 1. The van der Waals surface area contributed by atoms with Crippen LogP contribution in [0.1, 0.15) is 39.5 Å². The Kier molecular flexibility index (Phi) is 8.06. The number of nitrogens with zero attached hydrogens (tertiary/aromatic N) is 2. The third kappa shape index (κ3) is 6.58. The minimum Gasteiger partial charge on any atom is -0.497 e. The molecule has 0 aromatic heterocycles. The zero-order chi connectivity index (χ0) is 18.1. The zero-order valence-electron chi connectivity index (χ0n) is 16.0. The molecule has 2 rings (SSSR count). The van der Waals surface area contributed by atoms with Crippen molar-refractivity contribution in [3.8, 4) is 5.75 Å². The molecule has 1 heterocycles. The second kappa shape index (κ2) is 10.3. The Hall–Kier alpha value is -1.75. The second-order valence-corrected chi connectivity index (χ2v) is 6.93. The van der Waals surface area contributed by atoms with Gasteiger partial charge in [-0.2, -0.15) is 0 Å². The van der Waals surface area contributed by atoms with E-state index in [2.05, 4.69) is 41.1 Å². The Labute approximate surface area is 152 Å². The highest BCUT2D eigenvalue weighted by atomic mass is 16.5. The number of anilines is 1. The number of hydrogen-bond acceptors (Lipinski definition) is 4. The van der Waals surface area contributed by atoms with Gasteiger partial charge in [0.2, 0.25) is 5.91 Å². The summed E-state index contributed by atoms with van der Waals surface area (Å²) in [5.74, 6) is 1.04. The highest BCUT2D eigenvalue weighted by Crippen LogP contribution is 2.22. The summed E-state index contributed by atoms with van der Waals surface area (Å²) in [5.41, 5.74) is 1.19. The lowest BCUT2D eigenvalue weighted by Gasteiger charge is -2.36. The molecule has 1 fully saturated rings. The Morgan fingerprint density at radius 2 is 2.00 bits per heavy atom. The molecule has 1 atom stereocenters. The molecule has 0 aliphatic carbocycles. The monoisotopic (exact) mass is 347 g/mol. The summed E-state index contributed by atoms with van der Waals surface area (Å²) in [6, 6.07) is 8.44. The molecule has 0 saturated carbocycles. The Bertz CT molecular complexity index is 527. The van der Waals surface area contributed by atoms with Crippen molar-refractivity contribution in [1.29, 1.82) is 0 Å². The number of benzene rings is 1. The van der Waals surface area contributed by atoms with E-state index in [0.29, 0.717) is 6.54 Å². The van der Waals surface area contributed by atoms with Crippen molar-refractivity contribution in [2.24, 2.45) is 0 Å². The number of nitrogens with one attached hydrogen (secondary N) is 1. The van der Waals surface area contributed by atoms with Crippen LogP contribution in [-0.2, 0) is 4.79 Å². The van der Waals surface area contributed by atoms with Gasteiger partial charge in [-0.05, 0) is 25.5 Å². The Balaban J connectivity index is 1.71. The minimum absolute atomic E-state index is 0.152. The van der Waals surface area contributed by atoms with Gasteiger partial charge in [0.25, 0.3) is 0 Å². The summed E-state index contributed by atoms with van der Waals surface area (Å²) in [7, 11) is 1.69. The summed E-state index contributed by atoms with van der Waals surface area (Å²) in [6.07, 6.45) is 4.73. The SMILES string of the molecule is CCCCCC(C)NC(=O)CN1CCN(c2cccc(OC)c2)CC1. The van der Waals surface area contributed by atoms with Crippen molar-refractivity contribution in [3.05, 3.63) is 24.3 Å². The van der Waals surface area contributed by atoms with Crippen molar-refractivity contribution in [2.75, 3.05) is 44.7 Å². The van der Waals surface area contributed by atoms with E-state index in [0.717, 1.165) is 38.3 Å². The number of methoxy groups -OCH3 is 1. The van der Waals surface area contributed by atoms with Crippen molar-refractivity contribution in [3.63, 3.8) is 0 Å². The van der Waals surface area contributed by atoms with E-state index >= 15 is 0 Å². The largest absolute Gasteiger partial charge is 0.497 e. The van der Waals surface area contributed by atoms with Gasteiger partial charge in [0, 0.05) is 44.0 Å². The molecule has 1 saturated heterocycles. The van der Waals surface area contributed by atoms with E-state index in [-0.39, 0.29) is 11.9 Å². The van der Waals surface area contributed by atoms with Gasteiger partial charge in [-0.15, -0.1) is 0 Å². The number of carbonyl (C=O) groups is 1. The first-order valence-corrected chi connectivity index (χ1v) is 9.53. The van der Waals surface area contributed by atoms with Crippen LogP contribution < -0.4 is 15.0 Å². The smallest absolute Gasteiger partial charge is 0.234 e. The molecule has 1 amide bonds. The number of carbonyl (C=O) groups excluding carboxylic acids is 1. The molecule has 25 heavy (non-hydrogen) atoms. The van der Waals surface area contributed by atoms with Crippen LogP contribution in [0, 0.1) is 0 Å². The van der Waals surface area contributed by atoms with E-state index in [1.54, 1.807) is 7.11 Å². The van der Waals surface area contributed by atoms with Crippen LogP contribution in [0.2, 0.25) is 0 Å². The lowest BCUT2D eigenvalue weighted by molar-refractivity contribution is -0.123. The average Bonchev–Trinajstić information content (AvgIpc) is 2.62. The third-order valence-electron chi connectivity index (χ3n) is 4.81. The van der Waals surface area contributed by atoms with Gasteiger partial charge in [0.05, 0.1) is 13.7 Å². The van der Waals surface area contributed by atoms with Crippen molar-refractivity contribution in [1.82, 2.24) is 10.2 Å². The van der Waals surface area contributed by atoms with Gasteiger partial charge in [-0.1, -0.05) is 32.3 Å². The highest BCUT2D eigenvalue weighted by Gasteiger charge is 2.20. The van der Waals surface area contributed by atoms with Crippen LogP contribution in [0.3, 0.4) is 0 Å². The molecule has 0 bridgehead atoms. The van der Waals surface area contributed by atoms with Crippen LogP contribution in [0.15, 0.2) is 24.3 Å². The van der Waals surface area contributed by atoms with Crippen LogP contribution in [0.25, 0.3) is 0 Å². The lowest BCUT2D eigenvalue weighted by Crippen LogP contribution is -2.50. The molecule has 0 radical (unpaired) electrons. The normalized spacial score (nSPS) is 16.5. The van der Waals surface area contributed by atoms with Gasteiger partial charge < -0.3 is 15.0 Å². The molecule has 5 heteroatoms. The van der Waals surface area contributed by atoms with Crippen LogP contribution >= 0.6 is 0 Å². The molecule has 1 aromatic rings. The van der Waals surface area contributed by atoms with Crippen molar-refractivity contribution >= 4 is 11.6 Å². The number of amides is 1. The van der Waals surface area contributed by atoms with Gasteiger partial charge in [0.1, 0.15) is 5.75 Å². The molecular weight excluding hydrogens is 314 g/mol. The van der Waals surface area contributed by atoms with Crippen molar-refractivity contribution < 1.29 is 9.53 Å². The maximum atomic E-state index is 12.2. The first kappa shape index (κ1) is 19.6. The average molecular weight is 348 g/mol. The first-order valence-electron chi connectivity index (χ1n) is 9.53.